The molecule has 0 saturated heterocycles. The maximum atomic E-state index is 5.40. The standard InChI is InChI=1S/C44H34N4.C42H30N4.C41H28N4/c1-27-20-28(2)23-31(22-27)38-26-39(32-24-29(3)21-30(4)25-32)46-44(45-38)48-41-17-11-9-15-35(41)37-19-18-36-34-14-8-10-16-40(34)47(42(36)43(37)48)33-12-6-5-7-13-33;1-27-18-22-38-34(24-27)32-20-21-33-35-25-28(2)19-23-39(35)46(41(33)40(32)45(38)31-16-10-5-11-17-31)42-43-36(29-12-6-3-7-13-29)26-37(44-42)30-14-8-4-9-15-30;1-27-25-33-31-21-11-13-23-36(31)44(30-19-9-4-10-20-30)39(33)40-38(27)32-22-12-14-24-37(32)45(40)41-42-34(28-15-5-2-6-16-28)26-35(43-41)29-17-7-3-8-18-29/h5-26H,1-4H3;3-26H,1-2H3;2-26H,1H3. The average Bonchev–Trinajstić information content (AvgIpc) is 1.54. The zero-order valence-electron chi connectivity index (χ0n) is 77.9. The van der Waals surface area contributed by atoms with Crippen LogP contribution in [0.2, 0.25) is 0 Å². The number of hydrogen-bond acceptors (Lipinski definition) is 6. The van der Waals surface area contributed by atoms with E-state index in [9.17, 15) is 0 Å². The first-order valence-electron chi connectivity index (χ1n) is 47.5. The Labute approximate surface area is 803 Å². The van der Waals surface area contributed by atoms with E-state index in [1.165, 1.54) is 120 Å². The van der Waals surface area contributed by atoms with Gasteiger partial charge in [0.2, 0.25) is 17.8 Å². The molecule has 12 nitrogen and oxygen atoms in total. The van der Waals surface area contributed by atoms with Crippen molar-refractivity contribution in [3.63, 3.8) is 0 Å². The number of benzene rings is 18. The van der Waals surface area contributed by atoms with Gasteiger partial charge in [0.05, 0.1) is 100 Å². The zero-order chi connectivity index (χ0) is 93.2. The van der Waals surface area contributed by atoms with Gasteiger partial charge in [0.15, 0.2) is 0 Å². The molecule has 27 aromatic rings. The molecule has 0 aliphatic carbocycles. The second-order valence-electron chi connectivity index (χ2n) is 36.7. The van der Waals surface area contributed by atoms with Gasteiger partial charge in [0, 0.05) is 115 Å². The van der Waals surface area contributed by atoms with E-state index in [0.717, 1.165) is 134 Å². The quantitative estimate of drug-likeness (QED) is 0.121. The Bertz CT molecular complexity index is 9340. The van der Waals surface area contributed by atoms with Crippen molar-refractivity contribution in [2.24, 2.45) is 0 Å². The molecular formula is C127H92N12. The predicted octanol–water partition coefficient (Wildman–Crippen LogP) is 32.2. The van der Waals surface area contributed by atoms with Crippen molar-refractivity contribution < 1.29 is 0 Å². The Balaban J connectivity index is 0.000000110. The van der Waals surface area contributed by atoms with Crippen molar-refractivity contribution in [1.29, 1.82) is 0 Å². The van der Waals surface area contributed by atoms with E-state index >= 15 is 0 Å². The first-order valence-corrected chi connectivity index (χ1v) is 47.5. The van der Waals surface area contributed by atoms with E-state index in [1.807, 2.05) is 24.3 Å². The summed E-state index contributed by atoms with van der Waals surface area (Å²) >= 11 is 0. The van der Waals surface area contributed by atoms with Crippen LogP contribution in [0.15, 0.2) is 431 Å². The zero-order valence-corrected chi connectivity index (χ0v) is 77.9. The fraction of sp³-hybridized carbons (Fsp3) is 0.0551. The highest BCUT2D eigenvalue weighted by molar-refractivity contribution is 6.27. The maximum Gasteiger partial charge on any atom is 0.235 e. The Morgan fingerprint density at radius 1 is 0.151 bits per heavy atom. The van der Waals surface area contributed by atoms with Crippen LogP contribution < -0.4 is 0 Å². The van der Waals surface area contributed by atoms with Crippen LogP contribution in [-0.4, -0.2) is 57.3 Å². The molecule has 0 saturated carbocycles. The second kappa shape index (κ2) is 33.9. The van der Waals surface area contributed by atoms with Crippen LogP contribution in [0.4, 0.5) is 0 Å². The predicted molar refractivity (Wildman–Crippen MR) is 578 cm³/mol. The summed E-state index contributed by atoms with van der Waals surface area (Å²) in [5.41, 5.74) is 37.1. The monoisotopic (exact) mass is 1780 g/mol. The lowest BCUT2D eigenvalue weighted by atomic mass is 10.0. The molecule has 12 heteroatoms. The number of hydrogen-bond donors (Lipinski definition) is 0. The number of fused-ring (bicyclic) bond motifs is 21. The SMILES string of the molecule is Cc1cc(C)cc(-c2cc(-c3cc(C)cc(C)c3)nc(-n3c4ccccc4c4ccc5c6ccccc6n(-c6ccccc6)c5c43)n2)c1.Cc1cc2c3ccccc3n(-c3ccccc3)c2c2c1c1ccccc1n2-c1nc(-c2ccccc2)cc(-c2ccccc2)n1.Cc1ccc2c(c1)c1ccc3c4cc(C)ccc4n(-c4nc(-c5ccccc5)cc(-c5ccccc5)n4)c3c1n2-c1ccccc1. The van der Waals surface area contributed by atoms with Gasteiger partial charge < -0.3 is 13.7 Å². The molecule has 0 bridgehead atoms. The van der Waals surface area contributed by atoms with Gasteiger partial charge in [0.25, 0.3) is 0 Å². The molecule has 660 valence electrons. The lowest BCUT2D eigenvalue weighted by Crippen LogP contribution is -2.05. The summed E-state index contributed by atoms with van der Waals surface area (Å²) in [7, 11) is 0. The molecule has 27 rings (SSSR count). The number of aryl methyl sites for hydroxylation is 7. The highest BCUT2D eigenvalue weighted by Gasteiger charge is 2.30. The van der Waals surface area contributed by atoms with Gasteiger partial charge >= 0.3 is 0 Å². The molecule has 0 amide bonds. The Morgan fingerprint density at radius 2 is 0.396 bits per heavy atom. The minimum absolute atomic E-state index is 0.651. The molecule has 0 aliphatic rings. The minimum atomic E-state index is 0.651. The minimum Gasteiger partial charge on any atom is -0.307 e. The van der Waals surface area contributed by atoms with Gasteiger partial charge in [-0.2, -0.15) is 0 Å². The average molecular weight is 1790 g/mol. The Hall–Kier alpha value is -18.0. The lowest BCUT2D eigenvalue weighted by molar-refractivity contribution is 0.994. The molecule has 0 atom stereocenters. The van der Waals surface area contributed by atoms with Crippen LogP contribution >= 0.6 is 0 Å². The molecule has 0 fully saturated rings. The second-order valence-corrected chi connectivity index (χ2v) is 36.7. The molecule has 0 unspecified atom stereocenters. The largest absolute Gasteiger partial charge is 0.307 e. The van der Waals surface area contributed by atoms with Crippen LogP contribution in [-0.2, 0) is 0 Å². The Morgan fingerprint density at radius 3 is 0.741 bits per heavy atom. The van der Waals surface area contributed by atoms with E-state index in [-0.39, 0.29) is 0 Å². The molecule has 9 aromatic heterocycles. The van der Waals surface area contributed by atoms with Crippen molar-refractivity contribution in [2.45, 2.75) is 48.5 Å². The van der Waals surface area contributed by atoms with Crippen molar-refractivity contribution in [3.8, 4) is 102 Å². The third-order valence-electron chi connectivity index (χ3n) is 27.3. The van der Waals surface area contributed by atoms with E-state index in [0.29, 0.717) is 17.8 Å². The maximum absolute atomic E-state index is 5.40. The van der Waals surface area contributed by atoms with Crippen LogP contribution in [0.3, 0.4) is 0 Å². The summed E-state index contributed by atoms with van der Waals surface area (Å²) in [4.78, 5) is 32.1. The molecular weight excluding hydrogens is 1690 g/mol. The molecule has 0 aliphatic heterocycles. The van der Waals surface area contributed by atoms with Crippen LogP contribution in [0.1, 0.15) is 38.9 Å². The molecule has 139 heavy (non-hydrogen) atoms. The van der Waals surface area contributed by atoms with Crippen molar-refractivity contribution in [1.82, 2.24) is 57.3 Å². The van der Waals surface area contributed by atoms with Gasteiger partial charge in [-0.05, 0) is 187 Å². The lowest BCUT2D eigenvalue weighted by Gasteiger charge is -2.14. The van der Waals surface area contributed by atoms with Gasteiger partial charge in [0.1, 0.15) is 0 Å². The van der Waals surface area contributed by atoms with Gasteiger partial charge in [-0.3, -0.25) is 13.7 Å². The highest BCUT2D eigenvalue weighted by Crippen LogP contribution is 2.48. The number of nitrogens with zero attached hydrogens (tertiary/aromatic N) is 12. The van der Waals surface area contributed by atoms with Crippen molar-refractivity contribution in [2.75, 3.05) is 0 Å². The summed E-state index contributed by atoms with van der Waals surface area (Å²) in [5, 5.41) is 14.4. The third kappa shape index (κ3) is 14.3. The summed E-state index contributed by atoms with van der Waals surface area (Å²) in [5.74, 6) is 1.96. The Kier molecular flexibility index (Phi) is 20.2. The topological polar surface area (TPSA) is 107 Å². The number of para-hydroxylation sites is 7. The molecule has 0 spiro atoms. The highest BCUT2D eigenvalue weighted by atomic mass is 15.2. The third-order valence-corrected chi connectivity index (χ3v) is 27.3. The number of aromatic nitrogens is 12. The molecule has 0 radical (unpaired) electrons. The van der Waals surface area contributed by atoms with Gasteiger partial charge in [-0.1, -0.05) is 331 Å². The number of rotatable bonds is 12. The van der Waals surface area contributed by atoms with E-state index in [2.05, 4.69) is 482 Å². The van der Waals surface area contributed by atoms with Crippen molar-refractivity contribution in [3.05, 3.63) is 470 Å². The molecule has 9 heterocycles. The summed E-state index contributed by atoms with van der Waals surface area (Å²) < 4.78 is 14.1. The van der Waals surface area contributed by atoms with E-state index in [1.54, 1.807) is 0 Å². The first kappa shape index (κ1) is 82.9. The van der Waals surface area contributed by atoms with Crippen LogP contribution in [0, 0.1) is 48.5 Å². The van der Waals surface area contributed by atoms with Gasteiger partial charge in [-0.15, -0.1) is 0 Å². The van der Waals surface area contributed by atoms with Crippen LogP contribution in [0.25, 0.3) is 233 Å². The summed E-state index contributed by atoms with van der Waals surface area (Å²) in [6.07, 6.45) is 0. The van der Waals surface area contributed by atoms with E-state index < -0.39 is 0 Å². The first-order chi connectivity index (χ1) is 68.3. The summed E-state index contributed by atoms with van der Waals surface area (Å²) in [6, 6.07) is 153. The smallest absolute Gasteiger partial charge is 0.235 e. The van der Waals surface area contributed by atoms with Crippen molar-refractivity contribution >= 4 is 131 Å². The van der Waals surface area contributed by atoms with Crippen LogP contribution in [0.5, 0.6) is 0 Å². The fourth-order valence-corrected chi connectivity index (χ4v) is 21.5. The molecule has 0 N–H and O–H groups in total. The van der Waals surface area contributed by atoms with Gasteiger partial charge in [-0.25, -0.2) is 29.9 Å². The normalized spacial score (nSPS) is 11.7. The van der Waals surface area contributed by atoms with E-state index in [4.69, 9.17) is 29.9 Å². The summed E-state index contributed by atoms with van der Waals surface area (Å²) in [6.45, 7) is 15.1. The molecule has 18 aromatic carbocycles. The fourth-order valence-electron chi connectivity index (χ4n) is 21.5.